The van der Waals surface area contributed by atoms with Crippen LogP contribution in [0.25, 0.3) is 0 Å². The molecule has 4 heteroatoms. The lowest BCUT2D eigenvalue weighted by Crippen LogP contribution is -2.67. The predicted molar refractivity (Wildman–Crippen MR) is 106 cm³/mol. The third-order valence-electron chi connectivity index (χ3n) is 9.76. The van der Waals surface area contributed by atoms with E-state index in [4.69, 9.17) is 0 Å². The Morgan fingerprint density at radius 3 is 1.92 bits per heavy atom. The Labute approximate surface area is 154 Å². The maximum Gasteiger partial charge on any atom is 0.0860 e. The van der Waals surface area contributed by atoms with Gasteiger partial charge in [-0.2, -0.15) is 0 Å². The summed E-state index contributed by atoms with van der Waals surface area (Å²) in [7, 11) is -1.35. The molecule has 0 amide bonds. The average Bonchev–Trinajstić information content (AvgIpc) is 3.16. The van der Waals surface area contributed by atoms with Gasteiger partial charge < -0.3 is 16.0 Å². The Hall–Kier alpha value is 0.0969. The van der Waals surface area contributed by atoms with Crippen LogP contribution in [-0.2, 0) is 0 Å². The van der Waals surface area contributed by atoms with E-state index in [0.29, 0.717) is 0 Å². The molecular formula is C21H37N3Si. The molecule has 0 radical (unpaired) electrons. The summed E-state index contributed by atoms with van der Waals surface area (Å²) in [6.07, 6.45) is 15.4. The van der Waals surface area contributed by atoms with Crippen LogP contribution < -0.4 is 16.0 Å². The molecule has 9 unspecified atom stereocenters. The fourth-order valence-corrected chi connectivity index (χ4v) is 19.3. The predicted octanol–water partition coefficient (Wildman–Crippen LogP) is 3.17. The fraction of sp³-hybridized carbons (Fsp3) is 1.00. The van der Waals surface area contributed by atoms with Gasteiger partial charge in [0.25, 0.3) is 0 Å². The number of hydrogen-bond donors (Lipinski definition) is 3. The van der Waals surface area contributed by atoms with Gasteiger partial charge in [-0.05, 0) is 54.3 Å². The van der Waals surface area contributed by atoms with E-state index in [2.05, 4.69) is 16.0 Å². The minimum Gasteiger partial charge on any atom is -0.314 e. The molecule has 0 bridgehead atoms. The number of fused-ring (bicyclic) bond motifs is 10. The highest BCUT2D eigenvalue weighted by Gasteiger charge is 2.73. The highest BCUT2D eigenvalue weighted by Crippen LogP contribution is 2.70. The summed E-state index contributed by atoms with van der Waals surface area (Å²) < 4.78 is 0. The van der Waals surface area contributed by atoms with Gasteiger partial charge in [0.2, 0.25) is 0 Å². The van der Waals surface area contributed by atoms with Crippen molar-refractivity contribution in [2.75, 3.05) is 19.6 Å². The second-order valence-corrected chi connectivity index (χ2v) is 15.1. The lowest BCUT2D eigenvalue weighted by atomic mass is 9.81. The summed E-state index contributed by atoms with van der Waals surface area (Å²) in [5.41, 5.74) is 4.31. The first-order valence-electron chi connectivity index (χ1n) is 11.6. The molecule has 4 aliphatic heterocycles. The van der Waals surface area contributed by atoms with E-state index < -0.39 is 8.07 Å². The van der Waals surface area contributed by atoms with Gasteiger partial charge in [0.05, 0.1) is 8.07 Å². The summed E-state index contributed by atoms with van der Waals surface area (Å²) in [6.45, 7) is 3.76. The van der Waals surface area contributed by atoms with E-state index in [0.717, 1.165) is 46.2 Å². The maximum atomic E-state index is 4.21. The van der Waals surface area contributed by atoms with Crippen molar-refractivity contribution >= 4 is 8.07 Å². The molecule has 2 saturated carbocycles. The Balaban J connectivity index is 1.50. The summed E-state index contributed by atoms with van der Waals surface area (Å²) in [5, 5.41) is 12.4. The second kappa shape index (κ2) is 6.05. The number of hydrogen-bond acceptors (Lipinski definition) is 3. The Morgan fingerprint density at radius 1 is 0.520 bits per heavy atom. The molecule has 6 fully saturated rings. The van der Waals surface area contributed by atoms with Crippen molar-refractivity contribution in [3.63, 3.8) is 0 Å². The topological polar surface area (TPSA) is 36.1 Å². The van der Waals surface area contributed by atoms with Gasteiger partial charge in [-0.3, -0.25) is 0 Å². The Bertz CT molecular complexity index is 432. The van der Waals surface area contributed by atoms with Crippen LogP contribution in [0.1, 0.15) is 64.2 Å². The van der Waals surface area contributed by atoms with Crippen LogP contribution in [-0.4, -0.2) is 45.5 Å². The smallest absolute Gasteiger partial charge is 0.0860 e. The molecule has 6 rings (SSSR count). The van der Waals surface area contributed by atoms with Gasteiger partial charge in [0.1, 0.15) is 0 Å². The zero-order valence-electron chi connectivity index (χ0n) is 15.8. The number of nitrogens with one attached hydrogen (secondary N) is 3. The second-order valence-electron chi connectivity index (χ2n) is 10.2. The van der Waals surface area contributed by atoms with Crippen LogP contribution >= 0.6 is 0 Å². The third kappa shape index (κ3) is 2.03. The van der Waals surface area contributed by atoms with E-state index in [1.54, 1.807) is 25.7 Å². The highest BCUT2D eigenvalue weighted by atomic mass is 28.3. The highest BCUT2D eigenvalue weighted by molar-refractivity contribution is 6.87. The van der Waals surface area contributed by atoms with Gasteiger partial charge in [-0.25, -0.2) is 0 Å². The first-order chi connectivity index (χ1) is 12.4. The van der Waals surface area contributed by atoms with Crippen LogP contribution in [0.15, 0.2) is 0 Å². The van der Waals surface area contributed by atoms with Crippen molar-refractivity contribution in [1.82, 2.24) is 16.0 Å². The zero-order chi connectivity index (χ0) is 16.4. The lowest BCUT2D eigenvalue weighted by Gasteiger charge is -2.49. The van der Waals surface area contributed by atoms with Crippen molar-refractivity contribution in [3.05, 3.63) is 0 Å². The molecule has 9 atom stereocenters. The van der Waals surface area contributed by atoms with E-state index in [1.165, 1.54) is 58.2 Å². The normalized spacial score (nSPS) is 57.6. The minimum absolute atomic E-state index is 0.842. The zero-order valence-corrected chi connectivity index (χ0v) is 16.8. The SMILES string of the molecule is C1CCC2C(C1)C1NCCCC1[Si]21C2CCCCC2C2NCCNC21. The largest absolute Gasteiger partial charge is 0.314 e. The maximum absolute atomic E-state index is 4.21. The Morgan fingerprint density at radius 2 is 1.12 bits per heavy atom. The molecule has 6 aliphatic rings. The fourth-order valence-electron chi connectivity index (χ4n) is 9.46. The van der Waals surface area contributed by atoms with E-state index in [-0.39, 0.29) is 0 Å². The molecule has 0 aromatic rings. The van der Waals surface area contributed by atoms with Crippen LogP contribution in [0.4, 0.5) is 0 Å². The molecule has 140 valence electrons. The number of piperazine rings is 1. The van der Waals surface area contributed by atoms with Crippen molar-refractivity contribution in [1.29, 1.82) is 0 Å². The third-order valence-corrected chi connectivity index (χ3v) is 17.3. The lowest BCUT2D eigenvalue weighted by molar-refractivity contribution is 0.260. The van der Waals surface area contributed by atoms with Crippen molar-refractivity contribution in [2.45, 2.75) is 98.6 Å². The molecular weight excluding hydrogens is 322 g/mol. The van der Waals surface area contributed by atoms with Crippen molar-refractivity contribution in [3.8, 4) is 0 Å². The quantitative estimate of drug-likeness (QED) is 0.582. The minimum atomic E-state index is -1.35. The number of rotatable bonds is 0. The first-order valence-corrected chi connectivity index (χ1v) is 13.9. The molecule has 4 saturated heterocycles. The monoisotopic (exact) mass is 359 g/mol. The van der Waals surface area contributed by atoms with E-state index >= 15 is 0 Å². The molecule has 25 heavy (non-hydrogen) atoms. The molecule has 4 heterocycles. The molecule has 3 N–H and O–H groups in total. The summed E-state index contributed by atoms with van der Waals surface area (Å²) in [5.74, 6) is 2.08. The molecule has 3 nitrogen and oxygen atoms in total. The van der Waals surface area contributed by atoms with Crippen molar-refractivity contribution < 1.29 is 0 Å². The van der Waals surface area contributed by atoms with Crippen LogP contribution in [0.5, 0.6) is 0 Å². The number of piperidine rings is 1. The average molecular weight is 360 g/mol. The molecule has 2 aliphatic carbocycles. The summed E-state index contributed by atoms with van der Waals surface area (Å²) in [4.78, 5) is 0. The Kier molecular flexibility index (Phi) is 3.89. The van der Waals surface area contributed by atoms with E-state index in [9.17, 15) is 0 Å². The summed E-state index contributed by atoms with van der Waals surface area (Å²) >= 11 is 0. The van der Waals surface area contributed by atoms with Crippen LogP contribution in [0.3, 0.4) is 0 Å². The molecule has 0 aromatic carbocycles. The van der Waals surface area contributed by atoms with Crippen LogP contribution in [0.2, 0.25) is 16.6 Å². The van der Waals surface area contributed by atoms with Gasteiger partial charge in [-0.1, -0.05) is 44.9 Å². The van der Waals surface area contributed by atoms with Gasteiger partial charge in [-0.15, -0.1) is 0 Å². The molecule has 0 aromatic heterocycles. The first kappa shape index (κ1) is 16.1. The van der Waals surface area contributed by atoms with Gasteiger partial charge >= 0.3 is 0 Å². The van der Waals surface area contributed by atoms with Gasteiger partial charge in [0.15, 0.2) is 0 Å². The van der Waals surface area contributed by atoms with E-state index in [1.807, 2.05) is 0 Å². The van der Waals surface area contributed by atoms with Crippen LogP contribution in [0, 0.1) is 11.8 Å². The standard InChI is InChI=1S/C21H37N3Si/c1-3-8-16-14(6-1)19-18(10-5-11-22-19)25(16)17-9-4-2-7-15(17)20-21(25)24-13-12-23-20/h14-24H,1-13H2. The molecule has 1 spiro atoms. The van der Waals surface area contributed by atoms with Crippen molar-refractivity contribution in [2.24, 2.45) is 11.8 Å². The summed E-state index contributed by atoms with van der Waals surface area (Å²) in [6, 6.07) is 1.75. The van der Waals surface area contributed by atoms with Gasteiger partial charge in [0, 0.05) is 30.8 Å².